The van der Waals surface area contributed by atoms with Crippen LogP contribution in [-0.2, 0) is 22.6 Å². The summed E-state index contributed by atoms with van der Waals surface area (Å²) in [6.45, 7) is -0.0158. The number of halogens is 2. The van der Waals surface area contributed by atoms with Crippen molar-refractivity contribution >= 4 is 17.7 Å². The van der Waals surface area contributed by atoms with E-state index < -0.39 is 41.3 Å². The van der Waals surface area contributed by atoms with Crippen LogP contribution >= 0.6 is 0 Å². The second-order valence-corrected chi connectivity index (χ2v) is 10.8. The highest BCUT2D eigenvalue weighted by Gasteiger charge is 2.36. The van der Waals surface area contributed by atoms with Gasteiger partial charge in [-0.2, -0.15) is 0 Å². The zero-order valence-corrected chi connectivity index (χ0v) is 25.7. The topological polar surface area (TPSA) is 125 Å². The first-order chi connectivity index (χ1) is 22.2. The Labute approximate surface area is 264 Å². The van der Waals surface area contributed by atoms with Gasteiger partial charge in [0.15, 0.2) is 35.5 Å². The van der Waals surface area contributed by atoms with Crippen LogP contribution in [0, 0.1) is 11.6 Å². The van der Waals surface area contributed by atoms with Crippen molar-refractivity contribution in [3.63, 3.8) is 0 Å². The summed E-state index contributed by atoms with van der Waals surface area (Å²) in [5.74, 6) is -2.36. The second kappa shape index (κ2) is 14.4. The molecule has 46 heavy (non-hydrogen) atoms. The fourth-order valence-electron chi connectivity index (χ4n) is 5.49. The molecule has 11 nitrogen and oxygen atoms in total. The number of rotatable bonds is 4. The van der Waals surface area contributed by atoms with Crippen LogP contribution in [0.15, 0.2) is 48.5 Å². The van der Waals surface area contributed by atoms with Gasteiger partial charge in [0.2, 0.25) is 5.91 Å². The van der Waals surface area contributed by atoms with Crippen LogP contribution in [0.5, 0.6) is 28.7 Å². The number of carbonyl (C=O) groups excluding carboxylic acids is 3. The maximum atomic E-state index is 15.0. The predicted molar refractivity (Wildman–Crippen MR) is 161 cm³/mol. The van der Waals surface area contributed by atoms with Gasteiger partial charge in [0, 0.05) is 44.1 Å². The molecule has 3 aliphatic rings. The van der Waals surface area contributed by atoms with Crippen molar-refractivity contribution in [1.82, 2.24) is 15.5 Å². The minimum atomic E-state index is -1.11. The van der Waals surface area contributed by atoms with Crippen molar-refractivity contribution in [3.05, 3.63) is 76.9 Å². The Kier molecular flexibility index (Phi) is 10.1. The zero-order chi connectivity index (χ0) is 32.8. The lowest BCUT2D eigenvalue weighted by Crippen LogP contribution is -2.58. The molecule has 1 saturated heterocycles. The second-order valence-electron chi connectivity index (χ2n) is 10.8. The monoisotopic (exact) mass is 639 g/mol. The van der Waals surface area contributed by atoms with Gasteiger partial charge in [-0.3, -0.25) is 14.4 Å². The molecule has 13 heteroatoms. The van der Waals surface area contributed by atoms with E-state index in [2.05, 4.69) is 10.6 Å². The summed E-state index contributed by atoms with van der Waals surface area (Å²) in [4.78, 5) is 40.6. The number of carbonyl (C=O) groups is 3. The third-order valence-corrected chi connectivity index (χ3v) is 7.92. The molecule has 3 aliphatic heterocycles. The van der Waals surface area contributed by atoms with Gasteiger partial charge >= 0.3 is 0 Å². The number of ether oxygens (including phenoxy) is 5. The molecular weight excluding hydrogens is 604 g/mol. The average molecular weight is 640 g/mol. The molecule has 1 fully saturated rings. The fraction of sp³-hybridized carbons (Fsp3) is 0.364. The van der Waals surface area contributed by atoms with E-state index in [0.717, 1.165) is 30.4 Å². The van der Waals surface area contributed by atoms with Crippen LogP contribution in [-0.4, -0.2) is 75.8 Å². The average Bonchev–Trinajstić information content (AvgIpc) is 3.06. The van der Waals surface area contributed by atoms with E-state index in [9.17, 15) is 18.8 Å². The third kappa shape index (κ3) is 7.24. The Bertz CT molecular complexity index is 1620. The van der Waals surface area contributed by atoms with Gasteiger partial charge in [-0.1, -0.05) is 6.07 Å². The summed E-state index contributed by atoms with van der Waals surface area (Å²) in [6.07, 6.45) is 0.322. The summed E-state index contributed by atoms with van der Waals surface area (Å²) in [6, 6.07) is 11.7. The number of hydrogen-bond acceptors (Lipinski definition) is 8. The van der Waals surface area contributed by atoms with E-state index in [4.69, 9.17) is 23.7 Å². The number of nitrogens with one attached hydrogen (secondary N) is 2. The number of aryl methyl sites for hydroxylation is 1. The number of piperidine rings is 1. The van der Waals surface area contributed by atoms with Gasteiger partial charge in [0.1, 0.15) is 17.6 Å². The molecule has 0 aliphatic carbocycles. The number of nitrogens with zero attached hydrogens (tertiary/aromatic N) is 1. The maximum absolute atomic E-state index is 15.0. The van der Waals surface area contributed by atoms with Gasteiger partial charge in [-0.25, -0.2) is 8.78 Å². The minimum absolute atomic E-state index is 0.0333. The first kappa shape index (κ1) is 32.3. The van der Waals surface area contributed by atoms with Crippen LogP contribution in [0.25, 0.3) is 0 Å². The third-order valence-electron chi connectivity index (χ3n) is 7.92. The summed E-state index contributed by atoms with van der Waals surface area (Å²) in [5.41, 5.74) is 1.19. The lowest BCUT2D eigenvalue weighted by atomic mass is 10.00. The molecule has 3 aromatic rings. The largest absolute Gasteiger partial charge is 0.496 e. The van der Waals surface area contributed by atoms with Crippen molar-refractivity contribution in [1.29, 1.82) is 0 Å². The van der Waals surface area contributed by atoms with Crippen LogP contribution in [0.2, 0.25) is 0 Å². The molecule has 0 spiro atoms. The highest BCUT2D eigenvalue weighted by molar-refractivity contribution is 5.95. The first-order valence-corrected chi connectivity index (χ1v) is 14.7. The molecule has 6 rings (SSSR count). The Morgan fingerprint density at radius 2 is 1.74 bits per heavy atom. The van der Waals surface area contributed by atoms with Gasteiger partial charge in [0.05, 0.1) is 32.9 Å². The molecule has 0 unspecified atom stereocenters. The number of amides is 3. The number of benzene rings is 3. The number of methoxy groups -OCH3 is 3. The lowest BCUT2D eigenvalue weighted by Gasteiger charge is -2.39. The molecule has 4 bridgehead atoms. The maximum Gasteiger partial charge on any atom is 0.258 e. The zero-order valence-electron chi connectivity index (χ0n) is 25.7. The van der Waals surface area contributed by atoms with E-state index in [-0.39, 0.29) is 50.6 Å². The molecule has 3 aromatic carbocycles. The Hall–Kier alpha value is -5.07. The number of likely N-dealkylation sites (tertiary alicyclic amines) is 1. The Morgan fingerprint density at radius 3 is 2.50 bits per heavy atom. The summed E-state index contributed by atoms with van der Waals surface area (Å²) < 4.78 is 56.9. The van der Waals surface area contributed by atoms with Crippen LogP contribution < -0.4 is 34.3 Å². The van der Waals surface area contributed by atoms with Crippen LogP contribution in [0.4, 0.5) is 8.78 Å². The number of fused-ring (bicyclic) bond motifs is 9. The van der Waals surface area contributed by atoms with Gasteiger partial charge in [0.25, 0.3) is 11.8 Å². The predicted octanol–water partition coefficient (Wildman–Crippen LogP) is 3.41. The van der Waals surface area contributed by atoms with Gasteiger partial charge in [-0.15, -0.1) is 0 Å². The first-order valence-electron chi connectivity index (χ1n) is 14.7. The molecule has 0 radical (unpaired) electrons. The summed E-state index contributed by atoms with van der Waals surface area (Å²) in [5, 5.41) is 5.81. The molecule has 244 valence electrons. The normalized spacial score (nSPS) is 18.8. The molecule has 2 atom stereocenters. The number of hydrogen-bond donors (Lipinski definition) is 2. The molecule has 0 saturated carbocycles. The Balaban J connectivity index is 1.43. The standard InChI is InChI=1S/C33H35F2N3O8/c1-42-26-10-4-19-5-11-29(39)36-16-20-6-7-21(15-27(20)43-2)46-25-12-13-38(17-24(25)37-30(40)18-45-28(26)14-19)33(41)22-8-9-23(34)32(44-3)31(22)35/h4,6-10,14-15,24-25H,5,11-13,16-18H2,1-3H3,(H,36,39)(H,37,40)/t24-,25+/m1/s1. The fourth-order valence-corrected chi connectivity index (χ4v) is 5.49. The highest BCUT2D eigenvalue weighted by atomic mass is 19.1. The van der Waals surface area contributed by atoms with E-state index in [0.29, 0.717) is 29.4 Å². The van der Waals surface area contributed by atoms with Crippen molar-refractivity contribution in [2.75, 3.05) is 41.0 Å². The van der Waals surface area contributed by atoms with Crippen molar-refractivity contribution in [2.45, 2.75) is 38.0 Å². The minimum Gasteiger partial charge on any atom is -0.496 e. The molecule has 3 heterocycles. The van der Waals surface area contributed by atoms with Crippen molar-refractivity contribution in [2.24, 2.45) is 0 Å². The summed E-state index contributed by atoms with van der Waals surface area (Å²) >= 11 is 0. The molecule has 0 aromatic heterocycles. The smallest absolute Gasteiger partial charge is 0.258 e. The molecular formula is C33H35F2N3O8. The van der Waals surface area contributed by atoms with Gasteiger partial charge in [-0.05, 0) is 48.4 Å². The highest BCUT2D eigenvalue weighted by Crippen LogP contribution is 2.31. The van der Waals surface area contributed by atoms with Crippen LogP contribution in [0.3, 0.4) is 0 Å². The molecule has 3 amide bonds. The quantitative estimate of drug-likeness (QED) is 0.445. The summed E-state index contributed by atoms with van der Waals surface area (Å²) in [7, 11) is 4.10. The lowest BCUT2D eigenvalue weighted by molar-refractivity contribution is -0.125. The Morgan fingerprint density at radius 1 is 0.935 bits per heavy atom. The van der Waals surface area contributed by atoms with E-state index in [1.54, 1.807) is 30.3 Å². The van der Waals surface area contributed by atoms with Crippen molar-refractivity contribution in [3.8, 4) is 28.7 Å². The molecule has 2 N–H and O–H groups in total. The van der Waals surface area contributed by atoms with E-state index >= 15 is 4.39 Å². The van der Waals surface area contributed by atoms with E-state index in [1.165, 1.54) is 19.1 Å². The van der Waals surface area contributed by atoms with Gasteiger partial charge < -0.3 is 39.2 Å². The SMILES string of the molecule is COc1cc2ccc1CNC(=O)CCc1ccc(OC)c(c1)OCC(=O)N[C@@H]1CN(C(=O)c3ccc(F)c(OC)c3F)CC[C@@H]1O2. The van der Waals surface area contributed by atoms with Crippen molar-refractivity contribution < 1.29 is 46.8 Å². The van der Waals surface area contributed by atoms with E-state index in [1.807, 2.05) is 6.07 Å². The van der Waals surface area contributed by atoms with Crippen LogP contribution in [0.1, 0.15) is 34.3 Å².